The van der Waals surface area contributed by atoms with Crippen LogP contribution in [-0.4, -0.2) is 30.7 Å². The van der Waals surface area contributed by atoms with E-state index in [-0.39, 0.29) is 24.1 Å². The van der Waals surface area contributed by atoms with Gasteiger partial charge in [-0.1, -0.05) is 30.3 Å². The Morgan fingerprint density at radius 1 is 1.22 bits per heavy atom. The Bertz CT molecular complexity index is 920. The number of amides is 1. The minimum Gasteiger partial charge on any atom is -0.385 e. The minimum atomic E-state index is -0.293. The van der Waals surface area contributed by atoms with Gasteiger partial charge < -0.3 is 14.6 Å². The van der Waals surface area contributed by atoms with Gasteiger partial charge >= 0.3 is 0 Å². The molecule has 0 aliphatic heterocycles. The molecule has 5 heteroatoms. The predicted octanol–water partition coefficient (Wildman–Crippen LogP) is 3.99. The Kier molecular flexibility index (Phi) is 6.24. The van der Waals surface area contributed by atoms with Gasteiger partial charge in [-0.25, -0.2) is 4.39 Å². The normalized spacial score (nSPS) is 12.3. The first kappa shape index (κ1) is 19.1. The standard InChI is InChI=1S/C22H25FN2O2/c1-25-15-20(18-9-3-4-10-21(18)25)19(16-7-5-8-17(23)13-16)14-22(26)24-11-6-12-27-2/h3-5,7-10,13,15,19H,6,11-12,14H2,1-2H3,(H,24,26). The second kappa shape index (κ2) is 8.82. The van der Waals surface area contributed by atoms with Crippen LogP contribution in [0.3, 0.4) is 0 Å². The number of hydrogen-bond acceptors (Lipinski definition) is 2. The molecule has 142 valence electrons. The number of methoxy groups -OCH3 is 1. The van der Waals surface area contributed by atoms with Gasteiger partial charge in [-0.3, -0.25) is 4.79 Å². The third-order valence-electron chi connectivity index (χ3n) is 4.79. The minimum absolute atomic E-state index is 0.0479. The highest BCUT2D eigenvalue weighted by atomic mass is 19.1. The number of rotatable bonds is 8. The topological polar surface area (TPSA) is 43.3 Å². The number of benzene rings is 2. The number of fused-ring (bicyclic) bond motifs is 1. The van der Waals surface area contributed by atoms with Crippen molar-refractivity contribution in [3.8, 4) is 0 Å². The molecule has 0 saturated carbocycles. The molecule has 1 unspecified atom stereocenters. The molecule has 0 aliphatic rings. The molecule has 1 aromatic heterocycles. The van der Waals surface area contributed by atoms with Crippen molar-refractivity contribution in [3.63, 3.8) is 0 Å². The summed E-state index contributed by atoms with van der Waals surface area (Å²) in [7, 11) is 3.63. The highest BCUT2D eigenvalue weighted by Crippen LogP contribution is 2.34. The molecule has 4 nitrogen and oxygen atoms in total. The van der Waals surface area contributed by atoms with Gasteiger partial charge in [-0.15, -0.1) is 0 Å². The quantitative estimate of drug-likeness (QED) is 0.611. The molecule has 0 spiro atoms. The van der Waals surface area contributed by atoms with E-state index in [9.17, 15) is 9.18 Å². The van der Waals surface area contributed by atoms with Crippen molar-refractivity contribution in [2.24, 2.45) is 7.05 Å². The highest BCUT2D eigenvalue weighted by molar-refractivity contribution is 5.86. The van der Waals surface area contributed by atoms with Crippen molar-refractivity contribution in [1.82, 2.24) is 9.88 Å². The molecular formula is C22H25FN2O2. The van der Waals surface area contributed by atoms with Crippen molar-refractivity contribution in [3.05, 3.63) is 71.7 Å². The number of aromatic nitrogens is 1. The van der Waals surface area contributed by atoms with Crippen LogP contribution in [-0.2, 0) is 16.6 Å². The zero-order valence-corrected chi connectivity index (χ0v) is 15.7. The van der Waals surface area contributed by atoms with E-state index in [1.807, 2.05) is 48.1 Å². The van der Waals surface area contributed by atoms with E-state index in [0.717, 1.165) is 28.5 Å². The van der Waals surface area contributed by atoms with Crippen LogP contribution in [0.1, 0.15) is 29.9 Å². The van der Waals surface area contributed by atoms with Crippen LogP contribution in [0.2, 0.25) is 0 Å². The highest BCUT2D eigenvalue weighted by Gasteiger charge is 2.22. The van der Waals surface area contributed by atoms with Crippen LogP contribution in [0.5, 0.6) is 0 Å². The molecular weight excluding hydrogens is 343 g/mol. The summed E-state index contributed by atoms with van der Waals surface area (Å²) in [5.41, 5.74) is 2.93. The van der Waals surface area contributed by atoms with E-state index in [0.29, 0.717) is 13.2 Å². The van der Waals surface area contributed by atoms with Gasteiger partial charge in [-0.2, -0.15) is 0 Å². The van der Waals surface area contributed by atoms with Gasteiger partial charge in [0, 0.05) is 56.7 Å². The van der Waals surface area contributed by atoms with Crippen LogP contribution >= 0.6 is 0 Å². The van der Waals surface area contributed by atoms with Crippen molar-refractivity contribution < 1.29 is 13.9 Å². The Hall–Kier alpha value is -2.66. The fourth-order valence-electron chi connectivity index (χ4n) is 3.48. The SMILES string of the molecule is COCCCNC(=O)CC(c1cccc(F)c1)c1cn(C)c2ccccc12. The first-order chi connectivity index (χ1) is 13.1. The molecule has 0 radical (unpaired) electrons. The second-order valence-corrected chi connectivity index (χ2v) is 6.72. The van der Waals surface area contributed by atoms with E-state index in [2.05, 4.69) is 5.32 Å². The van der Waals surface area contributed by atoms with E-state index < -0.39 is 0 Å². The molecule has 0 aliphatic carbocycles. The van der Waals surface area contributed by atoms with Gasteiger partial charge in [-0.05, 0) is 35.7 Å². The molecule has 0 saturated heterocycles. The number of halogens is 1. The number of carbonyl (C=O) groups excluding carboxylic acids is 1. The Labute approximate surface area is 158 Å². The third-order valence-corrected chi connectivity index (χ3v) is 4.79. The summed E-state index contributed by atoms with van der Waals surface area (Å²) >= 11 is 0. The number of hydrogen-bond donors (Lipinski definition) is 1. The summed E-state index contributed by atoms with van der Waals surface area (Å²) in [5.74, 6) is -0.555. The number of aryl methyl sites for hydroxylation is 1. The second-order valence-electron chi connectivity index (χ2n) is 6.72. The predicted molar refractivity (Wildman–Crippen MR) is 105 cm³/mol. The van der Waals surface area contributed by atoms with Crippen LogP contribution in [0, 0.1) is 5.82 Å². The van der Waals surface area contributed by atoms with E-state index >= 15 is 0 Å². The van der Waals surface area contributed by atoms with Gasteiger partial charge in [0.1, 0.15) is 5.82 Å². The maximum Gasteiger partial charge on any atom is 0.220 e. The summed E-state index contributed by atoms with van der Waals surface area (Å²) < 4.78 is 20.9. The van der Waals surface area contributed by atoms with Crippen molar-refractivity contribution in [2.45, 2.75) is 18.8 Å². The number of para-hydroxylation sites is 1. The summed E-state index contributed by atoms with van der Waals surface area (Å²) in [5, 5.41) is 4.02. The first-order valence-corrected chi connectivity index (χ1v) is 9.15. The average Bonchev–Trinajstić information content (AvgIpc) is 3.00. The largest absolute Gasteiger partial charge is 0.385 e. The number of carbonyl (C=O) groups is 1. The van der Waals surface area contributed by atoms with Crippen molar-refractivity contribution in [1.29, 1.82) is 0 Å². The van der Waals surface area contributed by atoms with E-state index in [1.165, 1.54) is 12.1 Å². The molecule has 1 atom stereocenters. The lowest BCUT2D eigenvalue weighted by atomic mass is 9.88. The van der Waals surface area contributed by atoms with Crippen LogP contribution in [0.15, 0.2) is 54.7 Å². The fourth-order valence-corrected chi connectivity index (χ4v) is 3.48. The molecule has 3 rings (SSSR count). The molecule has 0 fully saturated rings. The van der Waals surface area contributed by atoms with Crippen molar-refractivity contribution >= 4 is 16.8 Å². The molecule has 1 amide bonds. The zero-order valence-electron chi connectivity index (χ0n) is 15.7. The third kappa shape index (κ3) is 4.55. The van der Waals surface area contributed by atoms with Crippen LogP contribution in [0.4, 0.5) is 4.39 Å². The molecule has 1 heterocycles. The summed E-state index contributed by atoms with van der Waals surface area (Å²) in [6.07, 6.45) is 3.07. The van der Waals surface area contributed by atoms with E-state index in [1.54, 1.807) is 13.2 Å². The smallest absolute Gasteiger partial charge is 0.220 e. The monoisotopic (exact) mass is 368 g/mol. The Morgan fingerprint density at radius 2 is 2.04 bits per heavy atom. The summed E-state index contributed by atoms with van der Waals surface area (Å²) in [6, 6.07) is 14.6. The molecule has 2 aromatic carbocycles. The maximum absolute atomic E-state index is 13.9. The fraction of sp³-hybridized carbons (Fsp3) is 0.318. The molecule has 1 N–H and O–H groups in total. The molecule has 27 heavy (non-hydrogen) atoms. The maximum atomic E-state index is 13.9. The molecule has 3 aromatic rings. The summed E-state index contributed by atoms with van der Waals surface area (Å²) in [4.78, 5) is 12.5. The van der Waals surface area contributed by atoms with E-state index in [4.69, 9.17) is 4.74 Å². The lowest BCUT2D eigenvalue weighted by Crippen LogP contribution is -2.27. The Balaban J connectivity index is 1.92. The summed E-state index contributed by atoms with van der Waals surface area (Å²) in [6.45, 7) is 1.18. The lowest BCUT2D eigenvalue weighted by molar-refractivity contribution is -0.121. The lowest BCUT2D eigenvalue weighted by Gasteiger charge is -2.17. The first-order valence-electron chi connectivity index (χ1n) is 9.15. The van der Waals surface area contributed by atoms with Crippen molar-refractivity contribution in [2.75, 3.05) is 20.3 Å². The number of nitrogens with zero attached hydrogens (tertiary/aromatic N) is 1. The Morgan fingerprint density at radius 3 is 2.81 bits per heavy atom. The average molecular weight is 368 g/mol. The zero-order chi connectivity index (χ0) is 19.2. The van der Waals surface area contributed by atoms with Gasteiger partial charge in [0.05, 0.1) is 0 Å². The van der Waals surface area contributed by atoms with Gasteiger partial charge in [0.2, 0.25) is 5.91 Å². The van der Waals surface area contributed by atoms with Gasteiger partial charge in [0.15, 0.2) is 0 Å². The molecule has 0 bridgehead atoms. The van der Waals surface area contributed by atoms with Crippen LogP contribution < -0.4 is 5.32 Å². The number of ether oxygens (including phenoxy) is 1. The van der Waals surface area contributed by atoms with Crippen LogP contribution in [0.25, 0.3) is 10.9 Å². The van der Waals surface area contributed by atoms with Gasteiger partial charge in [0.25, 0.3) is 0 Å². The number of nitrogens with one attached hydrogen (secondary N) is 1.